The van der Waals surface area contributed by atoms with Gasteiger partial charge in [-0.2, -0.15) is 13.2 Å². The van der Waals surface area contributed by atoms with E-state index in [9.17, 15) is 18.0 Å². The third-order valence-corrected chi connectivity index (χ3v) is 4.81. The van der Waals surface area contributed by atoms with Gasteiger partial charge in [-0.15, -0.1) is 0 Å². The molecule has 0 radical (unpaired) electrons. The summed E-state index contributed by atoms with van der Waals surface area (Å²) in [6.45, 7) is 0. The minimum Gasteiger partial charge on any atom is -0.494 e. The van der Waals surface area contributed by atoms with E-state index in [0.717, 1.165) is 17.4 Å². The number of hydrogen-bond acceptors (Lipinski definition) is 4. The molecule has 0 bridgehead atoms. The molecular weight excluding hydrogens is 391 g/mol. The van der Waals surface area contributed by atoms with Gasteiger partial charge in [0, 0.05) is 0 Å². The Bertz CT molecular complexity index is 975. The summed E-state index contributed by atoms with van der Waals surface area (Å²) in [5.74, 6) is 0.469. The molecular formula is C16H11ClF3N3O2S. The summed E-state index contributed by atoms with van der Waals surface area (Å²) in [5.41, 5.74) is -0.839. The molecule has 2 aromatic carbocycles. The van der Waals surface area contributed by atoms with Crippen molar-refractivity contribution in [2.45, 2.75) is 6.18 Å². The quantitative estimate of drug-likeness (QED) is 0.598. The lowest BCUT2D eigenvalue weighted by Gasteiger charge is -2.13. The fraction of sp³-hybridized carbons (Fsp3) is 0.125. The minimum absolute atomic E-state index is 0.174. The molecule has 5 nitrogen and oxygen atoms in total. The van der Waals surface area contributed by atoms with E-state index in [1.807, 2.05) is 0 Å². The summed E-state index contributed by atoms with van der Waals surface area (Å²) in [5, 5.41) is 5.20. The Labute approximate surface area is 154 Å². The van der Waals surface area contributed by atoms with Crippen LogP contribution in [0.1, 0.15) is 5.56 Å². The number of urea groups is 1. The number of nitrogens with one attached hydrogen (secondary N) is 2. The van der Waals surface area contributed by atoms with Crippen LogP contribution in [0, 0.1) is 0 Å². The van der Waals surface area contributed by atoms with Crippen LogP contribution in [-0.4, -0.2) is 18.1 Å². The molecule has 0 saturated carbocycles. The molecule has 0 fully saturated rings. The Balaban J connectivity index is 1.84. The zero-order valence-corrected chi connectivity index (χ0v) is 14.7. The third kappa shape index (κ3) is 3.68. The highest BCUT2D eigenvalue weighted by Crippen LogP contribution is 2.38. The van der Waals surface area contributed by atoms with Crippen molar-refractivity contribution in [3.05, 3.63) is 47.0 Å². The van der Waals surface area contributed by atoms with Gasteiger partial charge < -0.3 is 10.1 Å². The summed E-state index contributed by atoms with van der Waals surface area (Å²) in [6, 6.07) is 7.10. The third-order valence-electron chi connectivity index (χ3n) is 3.38. The smallest absolute Gasteiger partial charge is 0.418 e. The highest BCUT2D eigenvalue weighted by atomic mass is 35.5. The number of fused-ring (bicyclic) bond motifs is 1. The summed E-state index contributed by atoms with van der Waals surface area (Å²) >= 11 is 7.18. The fourth-order valence-corrected chi connectivity index (χ4v) is 3.41. The van der Waals surface area contributed by atoms with Crippen molar-refractivity contribution in [3.8, 4) is 5.75 Å². The van der Waals surface area contributed by atoms with E-state index in [2.05, 4.69) is 15.6 Å². The van der Waals surface area contributed by atoms with Gasteiger partial charge in [-0.3, -0.25) is 5.32 Å². The Morgan fingerprint density at radius 1 is 1.19 bits per heavy atom. The predicted molar refractivity (Wildman–Crippen MR) is 95.3 cm³/mol. The number of ether oxygens (including phenoxy) is 1. The normalized spacial score (nSPS) is 11.4. The molecule has 0 atom stereocenters. The van der Waals surface area contributed by atoms with Crippen molar-refractivity contribution in [1.29, 1.82) is 0 Å². The van der Waals surface area contributed by atoms with Crippen molar-refractivity contribution >= 4 is 50.0 Å². The number of halogens is 4. The van der Waals surface area contributed by atoms with E-state index in [1.54, 1.807) is 12.1 Å². The Morgan fingerprint density at radius 2 is 1.92 bits per heavy atom. The van der Waals surface area contributed by atoms with Gasteiger partial charge in [0.25, 0.3) is 0 Å². The maximum Gasteiger partial charge on any atom is 0.418 e. The molecule has 3 aromatic rings. The SMILES string of the molecule is COc1ccc(Cl)c2sc(NC(=O)Nc3ccccc3C(F)(F)F)nc12. The van der Waals surface area contributed by atoms with Crippen LogP contribution in [0.2, 0.25) is 5.02 Å². The van der Waals surface area contributed by atoms with Crippen molar-refractivity contribution < 1.29 is 22.7 Å². The largest absolute Gasteiger partial charge is 0.494 e. The first-order valence-corrected chi connectivity index (χ1v) is 8.36. The first kappa shape index (κ1) is 18.3. The van der Waals surface area contributed by atoms with Gasteiger partial charge >= 0.3 is 12.2 Å². The minimum atomic E-state index is -4.58. The number of anilines is 2. The van der Waals surface area contributed by atoms with Crippen LogP contribution in [0.15, 0.2) is 36.4 Å². The number of aromatic nitrogens is 1. The Kier molecular flexibility index (Phi) is 4.92. The second-order valence-corrected chi connectivity index (χ2v) is 6.48. The van der Waals surface area contributed by atoms with Crippen LogP contribution < -0.4 is 15.4 Å². The zero-order chi connectivity index (χ0) is 18.9. The van der Waals surface area contributed by atoms with E-state index < -0.39 is 17.8 Å². The topological polar surface area (TPSA) is 63.2 Å². The average molecular weight is 402 g/mol. The maximum atomic E-state index is 13.0. The van der Waals surface area contributed by atoms with Gasteiger partial charge in [-0.05, 0) is 24.3 Å². The number of para-hydroxylation sites is 1. The molecule has 136 valence electrons. The summed E-state index contributed by atoms with van der Waals surface area (Å²) in [4.78, 5) is 16.3. The lowest BCUT2D eigenvalue weighted by atomic mass is 10.1. The van der Waals surface area contributed by atoms with Gasteiger partial charge in [-0.1, -0.05) is 35.1 Å². The Morgan fingerprint density at radius 3 is 2.62 bits per heavy atom. The van der Waals surface area contributed by atoms with Crippen molar-refractivity contribution in [2.24, 2.45) is 0 Å². The Hall–Kier alpha value is -2.52. The van der Waals surface area contributed by atoms with Crippen molar-refractivity contribution in [2.75, 3.05) is 17.7 Å². The molecule has 0 unspecified atom stereocenters. The van der Waals surface area contributed by atoms with Crippen LogP contribution in [0.25, 0.3) is 10.2 Å². The highest BCUT2D eigenvalue weighted by Gasteiger charge is 2.33. The van der Waals surface area contributed by atoms with Crippen LogP contribution in [0.3, 0.4) is 0 Å². The average Bonchev–Trinajstić information content (AvgIpc) is 2.99. The van der Waals surface area contributed by atoms with Gasteiger partial charge in [0.2, 0.25) is 0 Å². The fourth-order valence-electron chi connectivity index (χ4n) is 2.26. The molecule has 0 aliphatic heterocycles. The van der Waals surface area contributed by atoms with Crippen LogP contribution >= 0.6 is 22.9 Å². The van der Waals surface area contributed by atoms with Gasteiger partial charge in [0.15, 0.2) is 5.13 Å². The van der Waals surface area contributed by atoms with Crippen LogP contribution in [-0.2, 0) is 6.18 Å². The molecule has 10 heteroatoms. The standard InChI is InChI=1S/C16H11ClF3N3O2S/c1-25-11-7-6-9(17)13-12(11)22-15(26-13)23-14(24)21-10-5-3-2-4-8(10)16(18,19)20/h2-7H,1H3,(H2,21,22,23,24). The van der Waals surface area contributed by atoms with Gasteiger partial charge in [0.05, 0.1) is 28.1 Å². The van der Waals surface area contributed by atoms with E-state index in [4.69, 9.17) is 16.3 Å². The lowest BCUT2D eigenvalue weighted by Crippen LogP contribution is -2.21. The van der Waals surface area contributed by atoms with E-state index >= 15 is 0 Å². The van der Waals surface area contributed by atoms with Crippen molar-refractivity contribution in [3.63, 3.8) is 0 Å². The molecule has 3 rings (SSSR count). The second-order valence-electron chi connectivity index (χ2n) is 5.07. The van der Waals surface area contributed by atoms with E-state index in [-0.39, 0.29) is 10.8 Å². The van der Waals surface area contributed by atoms with Crippen LogP contribution in [0.5, 0.6) is 5.75 Å². The number of rotatable bonds is 3. The number of benzene rings is 2. The molecule has 2 amide bonds. The molecule has 26 heavy (non-hydrogen) atoms. The number of carbonyl (C=O) groups excluding carboxylic acids is 1. The van der Waals surface area contributed by atoms with Gasteiger partial charge in [0.1, 0.15) is 11.3 Å². The highest BCUT2D eigenvalue weighted by molar-refractivity contribution is 7.23. The van der Waals surface area contributed by atoms with E-state index in [1.165, 1.54) is 25.3 Å². The molecule has 0 spiro atoms. The number of carbonyl (C=O) groups is 1. The first-order valence-electron chi connectivity index (χ1n) is 7.17. The molecule has 0 saturated heterocycles. The zero-order valence-electron chi connectivity index (χ0n) is 13.1. The van der Waals surface area contributed by atoms with Gasteiger partial charge in [-0.25, -0.2) is 9.78 Å². The molecule has 0 aliphatic rings. The molecule has 1 aromatic heterocycles. The van der Waals surface area contributed by atoms with E-state index in [0.29, 0.717) is 21.0 Å². The monoisotopic (exact) mass is 401 g/mol. The number of hydrogen-bond donors (Lipinski definition) is 2. The van der Waals surface area contributed by atoms with Crippen molar-refractivity contribution in [1.82, 2.24) is 4.98 Å². The molecule has 1 heterocycles. The first-order chi connectivity index (χ1) is 12.3. The summed E-state index contributed by atoms with van der Waals surface area (Å²) in [7, 11) is 1.47. The number of alkyl halides is 3. The second kappa shape index (κ2) is 7.00. The van der Waals surface area contributed by atoms with Crippen LogP contribution in [0.4, 0.5) is 28.8 Å². The molecule has 0 aliphatic carbocycles. The number of amides is 2. The lowest BCUT2D eigenvalue weighted by molar-refractivity contribution is -0.136. The number of thiazole rings is 1. The summed E-state index contributed by atoms with van der Waals surface area (Å²) in [6.07, 6.45) is -4.58. The number of methoxy groups -OCH3 is 1. The predicted octanol–water partition coefficient (Wildman–Crippen LogP) is 5.62. The molecule has 2 N–H and O–H groups in total. The summed E-state index contributed by atoms with van der Waals surface area (Å²) < 4.78 is 44.7. The number of nitrogens with zero attached hydrogens (tertiary/aromatic N) is 1. The maximum absolute atomic E-state index is 13.0.